The monoisotopic (exact) mass is 593 g/mol. The lowest BCUT2D eigenvalue weighted by molar-refractivity contribution is -0.140. The Bertz CT molecular complexity index is 1440. The summed E-state index contributed by atoms with van der Waals surface area (Å²) >= 11 is 0. The average molecular weight is 594 g/mol. The van der Waals surface area contributed by atoms with Crippen LogP contribution in [0.2, 0.25) is 0 Å². The normalized spacial score (nSPS) is 12.1. The van der Waals surface area contributed by atoms with E-state index in [1.807, 2.05) is 65.8 Å². The number of aryl methyl sites for hydroxylation is 2. The minimum Gasteiger partial charge on any atom is -0.494 e. The zero-order valence-corrected chi connectivity index (χ0v) is 26.3. The van der Waals surface area contributed by atoms with E-state index < -0.39 is 28.5 Å². The molecule has 3 aromatic carbocycles. The molecule has 9 heteroatoms. The molecule has 0 aliphatic rings. The van der Waals surface area contributed by atoms with Crippen LogP contribution in [0.4, 0.5) is 5.69 Å². The van der Waals surface area contributed by atoms with E-state index in [2.05, 4.69) is 5.32 Å². The van der Waals surface area contributed by atoms with E-state index in [0.29, 0.717) is 31.0 Å². The number of hydrogen-bond donors (Lipinski definition) is 1. The molecule has 42 heavy (non-hydrogen) atoms. The number of nitrogens with one attached hydrogen (secondary N) is 1. The summed E-state index contributed by atoms with van der Waals surface area (Å²) < 4.78 is 34.7. The van der Waals surface area contributed by atoms with Crippen molar-refractivity contribution in [3.05, 3.63) is 89.5 Å². The number of anilines is 1. The van der Waals surface area contributed by atoms with Crippen LogP contribution in [0.3, 0.4) is 0 Å². The van der Waals surface area contributed by atoms with Crippen molar-refractivity contribution in [2.75, 3.05) is 24.0 Å². The van der Waals surface area contributed by atoms with Crippen LogP contribution in [0, 0.1) is 19.8 Å². The molecule has 0 saturated heterocycles. The molecular weight excluding hydrogens is 550 g/mol. The lowest BCUT2D eigenvalue weighted by atomic mass is 10.1. The lowest BCUT2D eigenvalue weighted by Gasteiger charge is -2.33. The second-order valence-corrected chi connectivity index (χ2v) is 12.6. The number of rotatable bonds is 14. The van der Waals surface area contributed by atoms with Crippen molar-refractivity contribution in [1.82, 2.24) is 10.2 Å². The van der Waals surface area contributed by atoms with Crippen molar-refractivity contribution < 1.29 is 22.7 Å². The van der Waals surface area contributed by atoms with Crippen LogP contribution >= 0.6 is 0 Å². The molecule has 0 aliphatic carbocycles. The Morgan fingerprint density at radius 3 is 2.12 bits per heavy atom. The third kappa shape index (κ3) is 8.35. The third-order valence-electron chi connectivity index (χ3n) is 7.00. The molecule has 1 unspecified atom stereocenters. The van der Waals surface area contributed by atoms with Crippen molar-refractivity contribution in [3.8, 4) is 5.75 Å². The second-order valence-electron chi connectivity index (χ2n) is 10.8. The lowest BCUT2D eigenvalue weighted by Crippen LogP contribution is -2.52. The van der Waals surface area contributed by atoms with Crippen LogP contribution in [-0.2, 0) is 26.2 Å². The molecule has 0 aromatic heterocycles. The van der Waals surface area contributed by atoms with Gasteiger partial charge in [0.15, 0.2) is 0 Å². The van der Waals surface area contributed by atoms with Gasteiger partial charge in [0.2, 0.25) is 11.8 Å². The van der Waals surface area contributed by atoms with E-state index in [0.717, 1.165) is 21.0 Å². The third-order valence-corrected chi connectivity index (χ3v) is 8.78. The van der Waals surface area contributed by atoms with Crippen molar-refractivity contribution in [2.24, 2.45) is 5.92 Å². The summed E-state index contributed by atoms with van der Waals surface area (Å²) in [5, 5.41) is 2.95. The van der Waals surface area contributed by atoms with E-state index >= 15 is 0 Å². The summed E-state index contributed by atoms with van der Waals surface area (Å²) in [7, 11) is -4.14. The van der Waals surface area contributed by atoms with E-state index in [-0.39, 0.29) is 23.3 Å². The fraction of sp³-hybridized carbons (Fsp3) is 0.394. The molecular formula is C33H43N3O5S. The smallest absolute Gasteiger partial charge is 0.264 e. The molecule has 3 aromatic rings. The van der Waals surface area contributed by atoms with Crippen molar-refractivity contribution in [3.63, 3.8) is 0 Å². The van der Waals surface area contributed by atoms with Gasteiger partial charge in [-0.3, -0.25) is 13.9 Å². The number of nitrogens with zero attached hydrogens (tertiary/aromatic N) is 2. The summed E-state index contributed by atoms with van der Waals surface area (Å²) in [6.45, 7) is 12.2. The molecule has 0 heterocycles. The van der Waals surface area contributed by atoms with Gasteiger partial charge in [0, 0.05) is 13.1 Å². The maximum absolute atomic E-state index is 14.2. The Morgan fingerprint density at radius 2 is 1.55 bits per heavy atom. The van der Waals surface area contributed by atoms with Gasteiger partial charge < -0.3 is 15.0 Å². The van der Waals surface area contributed by atoms with Crippen LogP contribution in [0.1, 0.15) is 50.8 Å². The minimum absolute atomic E-state index is 0.0713. The molecule has 226 valence electrons. The zero-order valence-electron chi connectivity index (χ0n) is 25.5. The molecule has 8 nitrogen and oxygen atoms in total. The summed E-state index contributed by atoms with van der Waals surface area (Å²) in [5.41, 5.74) is 3.10. The Kier molecular flexibility index (Phi) is 11.6. The Morgan fingerprint density at radius 1 is 0.905 bits per heavy atom. The first kappa shape index (κ1) is 32.7. The highest BCUT2D eigenvalue weighted by molar-refractivity contribution is 7.92. The highest BCUT2D eigenvalue weighted by Crippen LogP contribution is 2.27. The van der Waals surface area contributed by atoms with Crippen molar-refractivity contribution in [1.29, 1.82) is 0 Å². The molecule has 0 fully saturated rings. The van der Waals surface area contributed by atoms with Gasteiger partial charge >= 0.3 is 0 Å². The number of benzene rings is 3. The molecule has 0 radical (unpaired) electrons. The molecule has 0 bridgehead atoms. The van der Waals surface area contributed by atoms with Gasteiger partial charge in [-0.1, -0.05) is 62.7 Å². The topological polar surface area (TPSA) is 96.0 Å². The molecule has 0 saturated carbocycles. The first-order valence-corrected chi connectivity index (χ1v) is 15.9. The zero-order chi connectivity index (χ0) is 30.9. The van der Waals surface area contributed by atoms with Gasteiger partial charge in [-0.15, -0.1) is 0 Å². The average Bonchev–Trinajstić information content (AvgIpc) is 2.96. The summed E-state index contributed by atoms with van der Waals surface area (Å²) in [4.78, 5) is 29.1. The molecule has 1 N–H and O–H groups in total. The van der Waals surface area contributed by atoms with E-state index in [4.69, 9.17) is 4.74 Å². The summed E-state index contributed by atoms with van der Waals surface area (Å²) in [6.07, 6.45) is 0.370. The summed E-state index contributed by atoms with van der Waals surface area (Å²) in [5.74, 6) is 0.0904. The highest BCUT2D eigenvalue weighted by atomic mass is 32.2. The number of carbonyl (C=O) groups is 2. The quantitative estimate of drug-likeness (QED) is 0.267. The van der Waals surface area contributed by atoms with E-state index in [1.165, 1.54) is 17.0 Å². The van der Waals surface area contributed by atoms with Gasteiger partial charge in [0.1, 0.15) is 18.3 Å². The number of ether oxygens (including phenoxy) is 1. The maximum Gasteiger partial charge on any atom is 0.264 e. The standard InChI is InChI=1S/C33H43N3O5S/c1-7-31(33(38)34-21-24(3)4)35(22-27-12-10-9-11-26(27)6)32(37)23-36(28-15-17-29(18-16-28)41-8-2)42(39,40)30-19-13-25(5)14-20-30/h9-20,24,31H,7-8,21-23H2,1-6H3,(H,34,38). The SMILES string of the molecule is CCOc1ccc(N(CC(=O)N(Cc2ccccc2C)C(CC)C(=O)NCC(C)C)S(=O)(=O)c2ccc(C)cc2)cc1. The van der Waals surface area contributed by atoms with Crippen LogP contribution in [0.15, 0.2) is 77.7 Å². The van der Waals surface area contributed by atoms with Crippen LogP contribution in [0.5, 0.6) is 5.75 Å². The maximum atomic E-state index is 14.2. The summed E-state index contributed by atoms with van der Waals surface area (Å²) in [6, 6.07) is 20.0. The van der Waals surface area contributed by atoms with Gasteiger partial charge in [-0.25, -0.2) is 8.42 Å². The Labute approximate surface area is 250 Å². The molecule has 1 atom stereocenters. The van der Waals surface area contributed by atoms with Crippen molar-refractivity contribution >= 4 is 27.5 Å². The number of hydrogen-bond acceptors (Lipinski definition) is 5. The largest absolute Gasteiger partial charge is 0.494 e. The minimum atomic E-state index is -4.14. The predicted molar refractivity (Wildman–Crippen MR) is 167 cm³/mol. The van der Waals surface area contributed by atoms with Crippen LogP contribution < -0.4 is 14.4 Å². The van der Waals surface area contributed by atoms with Gasteiger partial charge in [0.25, 0.3) is 10.0 Å². The molecule has 0 aliphatic heterocycles. The highest BCUT2D eigenvalue weighted by Gasteiger charge is 2.34. The predicted octanol–water partition coefficient (Wildman–Crippen LogP) is 5.48. The first-order chi connectivity index (χ1) is 20.0. The van der Waals surface area contributed by atoms with Gasteiger partial charge in [-0.2, -0.15) is 0 Å². The van der Waals surface area contributed by atoms with Crippen LogP contribution in [0.25, 0.3) is 0 Å². The molecule has 3 rings (SSSR count). The second kappa shape index (κ2) is 14.9. The van der Waals surface area contributed by atoms with Gasteiger partial charge in [-0.05, 0) is 80.6 Å². The van der Waals surface area contributed by atoms with Crippen LogP contribution in [-0.4, -0.2) is 50.9 Å². The molecule has 2 amide bonds. The number of sulfonamides is 1. The van der Waals surface area contributed by atoms with E-state index in [1.54, 1.807) is 36.4 Å². The van der Waals surface area contributed by atoms with Gasteiger partial charge in [0.05, 0.1) is 17.2 Å². The number of carbonyl (C=O) groups excluding carboxylic acids is 2. The first-order valence-electron chi connectivity index (χ1n) is 14.4. The fourth-order valence-electron chi connectivity index (χ4n) is 4.55. The fourth-order valence-corrected chi connectivity index (χ4v) is 5.97. The van der Waals surface area contributed by atoms with Crippen molar-refractivity contribution in [2.45, 2.75) is 65.4 Å². The number of amides is 2. The molecule has 0 spiro atoms. The Hall–Kier alpha value is -3.85. The Balaban J connectivity index is 2.06. The van der Waals surface area contributed by atoms with E-state index in [9.17, 15) is 18.0 Å².